The summed E-state index contributed by atoms with van der Waals surface area (Å²) in [7, 11) is 0. The third kappa shape index (κ3) is 3.33. The molecule has 3 aromatic rings. The quantitative estimate of drug-likeness (QED) is 0.716. The van der Waals surface area contributed by atoms with Gasteiger partial charge in [-0.3, -0.25) is 4.79 Å². The first-order valence-electron chi connectivity index (χ1n) is 8.62. The molecular weight excluding hydrogens is 316 g/mol. The fourth-order valence-electron chi connectivity index (χ4n) is 3.35. The first-order chi connectivity index (χ1) is 12.3. The van der Waals surface area contributed by atoms with E-state index in [0.717, 1.165) is 37.1 Å². The van der Waals surface area contributed by atoms with Gasteiger partial charge in [0.05, 0.1) is 24.7 Å². The maximum Gasteiger partial charge on any atom is 0.276 e. The largest absolute Gasteiger partial charge is 0.467 e. The molecule has 1 aliphatic carbocycles. The molecule has 128 valence electrons. The minimum absolute atomic E-state index is 0.0921. The highest BCUT2D eigenvalue weighted by molar-refractivity contribution is 5.92. The molecule has 1 aromatic carbocycles. The molecule has 0 spiro atoms. The van der Waals surface area contributed by atoms with Crippen LogP contribution in [0, 0.1) is 0 Å². The Morgan fingerprint density at radius 3 is 2.68 bits per heavy atom. The highest BCUT2D eigenvalue weighted by Gasteiger charge is 2.29. The van der Waals surface area contributed by atoms with Crippen molar-refractivity contribution >= 4 is 5.91 Å². The number of nitrogens with zero attached hydrogens (tertiary/aromatic N) is 4. The van der Waals surface area contributed by atoms with E-state index in [1.807, 2.05) is 47.4 Å². The van der Waals surface area contributed by atoms with Gasteiger partial charge in [-0.25, -0.2) is 0 Å². The van der Waals surface area contributed by atoms with Crippen LogP contribution >= 0.6 is 0 Å². The average Bonchev–Trinajstić information content (AvgIpc) is 3.42. The Morgan fingerprint density at radius 2 is 1.96 bits per heavy atom. The minimum Gasteiger partial charge on any atom is -0.467 e. The van der Waals surface area contributed by atoms with Crippen molar-refractivity contribution in [2.75, 3.05) is 0 Å². The number of rotatable bonds is 5. The Bertz CT molecular complexity index is 820. The molecule has 0 bridgehead atoms. The molecular formula is C19H20N4O2. The van der Waals surface area contributed by atoms with Crippen molar-refractivity contribution < 1.29 is 9.21 Å². The highest BCUT2D eigenvalue weighted by atomic mass is 16.3. The second kappa shape index (κ2) is 6.93. The summed E-state index contributed by atoms with van der Waals surface area (Å²) in [4.78, 5) is 16.4. The van der Waals surface area contributed by atoms with Crippen molar-refractivity contribution in [2.45, 2.75) is 38.3 Å². The lowest BCUT2D eigenvalue weighted by molar-refractivity contribution is 0.0642. The van der Waals surface area contributed by atoms with E-state index in [2.05, 4.69) is 10.2 Å². The predicted octanol–water partition coefficient (Wildman–Crippen LogP) is 3.45. The zero-order valence-corrected chi connectivity index (χ0v) is 13.9. The van der Waals surface area contributed by atoms with Gasteiger partial charge < -0.3 is 9.32 Å². The summed E-state index contributed by atoms with van der Waals surface area (Å²) >= 11 is 0. The van der Waals surface area contributed by atoms with E-state index in [-0.39, 0.29) is 11.9 Å². The molecule has 2 heterocycles. The van der Waals surface area contributed by atoms with Crippen molar-refractivity contribution in [1.82, 2.24) is 19.9 Å². The van der Waals surface area contributed by atoms with E-state index >= 15 is 0 Å². The summed E-state index contributed by atoms with van der Waals surface area (Å²) < 4.78 is 5.45. The van der Waals surface area contributed by atoms with Crippen LogP contribution in [0.4, 0.5) is 0 Å². The number of carbonyl (C=O) groups excluding carboxylic acids is 1. The molecule has 6 heteroatoms. The van der Waals surface area contributed by atoms with E-state index in [1.54, 1.807) is 12.5 Å². The van der Waals surface area contributed by atoms with Gasteiger partial charge in [0, 0.05) is 6.04 Å². The lowest BCUT2D eigenvalue weighted by atomic mass is 10.2. The van der Waals surface area contributed by atoms with Gasteiger partial charge in [0.15, 0.2) is 5.69 Å². The van der Waals surface area contributed by atoms with Gasteiger partial charge in [0.1, 0.15) is 5.76 Å². The fraction of sp³-hybridized carbons (Fsp3) is 0.316. The number of furan rings is 1. The molecule has 1 aliphatic rings. The molecule has 1 amide bonds. The Labute approximate surface area is 146 Å². The summed E-state index contributed by atoms with van der Waals surface area (Å²) in [6.45, 7) is 0.467. The summed E-state index contributed by atoms with van der Waals surface area (Å²) in [5.41, 5.74) is 1.20. The Balaban J connectivity index is 1.58. The van der Waals surface area contributed by atoms with Gasteiger partial charge in [0.25, 0.3) is 5.91 Å². The van der Waals surface area contributed by atoms with Crippen LogP contribution in [0.15, 0.2) is 59.3 Å². The number of aromatic nitrogens is 3. The maximum atomic E-state index is 13.1. The normalized spacial score (nSPS) is 14.7. The second-order valence-corrected chi connectivity index (χ2v) is 6.31. The topological polar surface area (TPSA) is 64.2 Å². The molecule has 0 saturated heterocycles. The lowest BCUT2D eigenvalue weighted by Crippen LogP contribution is -2.38. The van der Waals surface area contributed by atoms with E-state index in [4.69, 9.17) is 4.42 Å². The van der Waals surface area contributed by atoms with E-state index in [1.165, 1.54) is 4.80 Å². The van der Waals surface area contributed by atoms with E-state index in [9.17, 15) is 4.79 Å². The maximum absolute atomic E-state index is 13.1. The Kier molecular flexibility index (Phi) is 4.33. The van der Waals surface area contributed by atoms with Crippen molar-refractivity contribution in [3.05, 3.63) is 66.4 Å². The Hall–Kier alpha value is -2.89. The van der Waals surface area contributed by atoms with Crippen LogP contribution in [0.3, 0.4) is 0 Å². The van der Waals surface area contributed by atoms with E-state index in [0.29, 0.717) is 12.2 Å². The molecule has 0 atom stereocenters. The van der Waals surface area contributed by atoms with Crippen molar-refractivity contribution in [3.63, 3.8) is 0 Å². The molecule has 0 unspecified atom stereocenters. The van der Waals surface area contributed by atoms with Crippen LogP contribution < -0.4 is 0 Å². The number of hydrogen-bond donors (Lipinski definition) is 0. The van der Waals surface area contributed by atoms with Crippen molar-refractivity contribution in [2.24, 2.45) is 0 Å². The van der Waals surface area contributed by atoms with Gasteiger partial charge in [-0.05, 0) is 37.1 Å². The summed E-state index contributed by atoms with van der Waals surface area (Å²) in [6, 6.07) is 13.6. The van der Waals surface area contributed by atoms with Gasteiger partial charge in [-0.1, -0.05) is 31.0 Å². The van der Waals surface area contributed by atoms with Gasteiger partial charge in [0.2, 0.25) is 0 Å². The van der Waals surface area contributed by atoms with E-state index < -0.39 is 0 Å². The number of para-hydroxylation sites is 1. The Morgan fingerprint density at radius 1 is 1.16 bits per heavy atom. The standard InChI is InChI=1S/C19H20N4O2/c24-19(18-13-20-23(21-18)16-9-2-1-3-10-16)22(15-7-4-5-8-15)14-17-11-6-12-25-17/h1-3,6,9-13,15H,4-5,7-8,14H2. The molecule has 4 rings (SSSR count). The minimum atomic E-state index is -0.0921. The van der Waals surface area contributed by atoms with Crippen LogP contribution in [0.25, 0.3) is 5.69 Å². The SMILES string of the molecule is O=C(c1cnn(-c2ccccc2)n1)N(Cc1ccco1)C1CCCC1. The number of carbonyl (C=O) groups is 1. The molecule has 6 nitrogen and oxygen atoms in total. The monoisotopic (exact) mass is 336 g/mol. The van der Waals surface area contributed by atoms with Crippen molar-refractivity contribution in [1.29, 1.82) is 0 Å². The number of benzene rings is 1. The smallest absolute Gasteiger partial charge is 0.276 e. The molecule has 0 aliphatic heterocycles. The first-order valence-corrected chi connectivity index (χ1v) is 8.62. The molecule has 1 fully saturated rings. The van der Waals surface area contributed by atoms with Crippen LogP contribution in [0.2, 0.25) is 0 Å². The summed E-state index contributed by atoms with van der Waals surface area (Å²) in [5.74, 6) is 0.696. The molecule has 2 aromatic heterocycles. The first kappa shape index (κ1) is 15.6. The van der Waals surface area contributed by atoms with Gasteiger partial charge in [-0.2, -0.15) is 9.90 Å². The predicted molar refractivity (Wildman–Crippen MR) is 92.2 cm³/mol. The average molecular weight is 336 g/mol. The number of hydrogen-bond acceptors (Lipinski definition) is 4. The second-order valence-electron chi connectivity index (χ2n) is 6.31. The van der Waals surface area contributed by atoms with Crippen LogP contribution in [-0.2, 0) is 6.54 Å². The third-order valence-corrected chi connectivity index (χ3v) is 4.63. The summed E-state index contributed by atoms with van der Waals surface area (Å²) in [6.07, 6.45) is 7.54. The lowest BCUT2D eigenvalue weighted by Gasteiger charge is -2.27. The third-order valence-electron chi connectivity index (χ3n) is 4.63. The van der Waals surface area contributed by atoms with Gasteiger partial charge in [-0.15, -0.1) is 5.10 Å². The van der Waals surface area contributed by atoms with Crippen LogP contribution in [-0.4, -0.2) is 31.8 Å². The zero-order chi connectivity index (χ0) is 17.1. The number of amides is 1. The van der Waals surface area contributed by atoms with Gasteiger partial charge >= 0.3 is 0 Å². The van der Waals surface area contributed by atoms with Crippen molar-refractivity contribution in [3.8, 4) is 5.69 Å². The molecule has 1 saturated carbocycles. The zero-order valence-electron chi connectivity index (χ0n) is 13.9. The molecule has 25 heavy (non-hydrogen) atoms. The van der Waals surface area contributed by atoms with Crippen LogP contribution in [0.1, 0.15) is 41.9 Å². The highest BCUT2D eigenvalue weighted by Crippen LogP contribution is 2.26. The van der Waals surface area contributed by atoms with Crippen LogP contribution in [0.5, 0.6) is 0 Å². The molecule has 0 radical (unpaired) electrons. The molecule has 0 N–H and O–H groups in total. The fourth-order valence-corrected chi connectivity index (χ4v) is 3.35. The summed E-state index contributed by atoms with van der Waals surface area (Å²) in [5, 5.41) is 8.63.